The molecule has 0 unspecified atom stereocenters. The van der Waals surface area contributed by atoms with Crippen LogP contribution in [0.3, 0.4) is 0 Å². The average molecular weight is 342 g/mol. The summed E-state index contributed by atoms with van der Waals surface area (Å²) in [4.78, 5) is 23.7. The second-order valence-corrected chi connectivity index (χ2v) is 5.82. The number of benzene rings is 2. The van der Waals surface area contributed by atoms with Crippen LogP contribution in [0.2, 0.25) is 0 Å². The SMILES string of the molecule is O=C(CCCn1c(=O)oc2ccccc21)NCCc1cccc(F)c1. The van der Waals surface area contributed by atoms with Gasteiger partial charge in [-0.1, -0.05) is 24.3 Å². The second kappa shape index (κ2) is 7.79. The van der Waals surface area contributed by atoms with E-state index in [1.807, 2.05) is 24.3 Å². The summed E-state index contributed by atoms with van der Waals surface area (Å²) in [5.74, 6) is -0.772. The first-order valence-corrected chi connectivity index (χ1v) is 8.23. The van der Waals surface area contributed by atoms with Crippen molar-refractivity contribution < 1.29 is 13.6 Å². The van der Waals surface area contributed by atoms with Crippen molar-refractivity contribution in [3.63, 3.8) is 0 Å². The van der Waals surface area contributed by atoms with E-state index in [1.165, 1.54) is 16.7 Å². The fourth-order valence-electron chi connectivity index (χ4n) is 2.75. The Morgan fingerprint density at radius 2 is 2.00 bits per heavy atom. The van der Waals surface area contributed by atoms with Crippen LogP contribution < -0.4 is 11.1 Å². The van der Waals surface area contributed by atoms with Crippen LogP contribution >= 0.6 is 0 Å². The van der Waals surface area contributed by atoms with Crippen molar-refractivity contribution in [2.75, 3.05) is 6.54 Å². The van der Waals surface area contributed by atoms with Gasteiger partial charge in [-0.25, -0.2) is 9.18 Å². The van der Waals surface area contributed by atoms with E-state index < -0.39 is 5.76 Å². The van der Waals surface area contributed by atoms with Crippen LogP contribution in [0.1, 0.15) is 18.4 Å². The topological polar surface area (TPSA) is 64.2 Å². The number of nitrogens with one attached hydrogen (secondary N) is 1. The lowest BCUT2D eigenvalue weighted by Crippen LogP contribution is -2.26. The Bertz CT molecular complexity index is 930. The third-order valence-corrected chi connectivity index (χ3v) is 3.98. The van der Waals surface area contributed by atoms with E-state index in [-0.39, 0.29) is 11.7 Å². The molecule has 0 radical (unpaired) electrons. The van der Waals surface area contributed by atoms with Crippen molar-refractivity contribution >= 4 is 17.0 Å². The lowest BCUT2D eigenvalue weighted by molar-refractivity contribution is -0.121. The highest BCUT2D eigenvalue weighted by Crippen LogP contribution is 2.12. The van der Waals surface area contributed by atoms with Gasteiger partial charge in [0.25, 0.3) is 0 Å². The summed E-state index contributed by atoms with van der Waals surface area (Å²) < 4.78 is 19.8. The molecule has 1 heterocycles. The number of aromatic nitrogens is 1. The maximum atomic E-state index is 13.1. The lowest BCUT2D eigenvalue weighted by atomic mass is 10.1. The Morgan fingerprint density at radius 3 is 2.84 bits per heavy atom. The molecule has 1 N–H and O–H groups in total. The molecule has 0 aliphatic rings. The molecule has 130 valence electrons. The van der Waals surface area contributed by atoms with Crippen molar-refractivity contribution in [3.8, 4) is 0 Å². The van der Waals surface area contributed by atoms with Crippen LogP contribution in [-0.2, 0) is 17.8 Å². The molecule has 25 heavy (non-hydrogen) atoms. The molecule has 0 atom stereocenters. The van der Waals surface area contributed by atoms with Gasteiger partial charge in [-0.15, -0.1) is 0 Å². The predicted molar refractivity (Wildman–Crippen MR) is 92.8 cm³/mol. The number of oxazole rings is 1. The number of carbonyl (C=O) groups excluding carboxylic acids is 1. The minimum absolute atomic E-state index is 0.0859. The Hall–Kier alpha value is -2.89. The van der Waals surface area contributed by atoms with E-state index in [0.29, 0.717) is 37.9 Å². The summed E-state index contributed by atoms with van der Waals surface area (Å²) in [5.41, 5.74) is 2.13. The molecule has 0 saturated heterocycles. The highest BCUT2D eigenvalue weighted by atomic mass is 19.1. The number of hydrogen-bond acceptors (Lipinski definition) is 3. The number of halogens is 1. The molecule has 3 aromatic rings. The van der Waals surface area contributed by atoms with E-state index in [0.717, 1.165) is 11.1 Å². The van der Waals surface area contributed by atoms with Crippen LogP contribution in [0.5, 0.6) is 0 Å². The van der Waals surface area contributed by atoms with Gasteiger partial charge < -0.3 is 9.73 Å². The van der Waals surface area contributed by atoms with Crippen molar-refractivity contribution in [2.24, 2.45) is 0 Å². The van der Waals surface area contributed by atoms with Gasteiger partial charge in [0.2, 0.25) is 5.91 Å². The Morgan fingerprint density at radius 1 is 1.16 bits per heavy atom. The number of nitrogens with zero attached hydrogens (tertiary/aromatic N) is 1. The van der Waals surface area contributed by atoms with E-state index in [1.54, 1.807) is 12.1 Å². The molecule has 6 heteroatoms. The number of fused-ring (bicyclic) bond motifs is 1. The molecule has 0 spiro atoms. The molecule has 1 amide bonds. The van der Waals surface area contributed by atoms with Gasteiger partial charge in [0.15, 0.2) is 5.58 Å². The van der Waals surface area contributed by atoms with Gasteiger partial charge in [-0.3, -0.25) is 9.36 Å². The number of amides is 1. The quantitative estimate of drug-likeness (QED) is 0.718. The van der Waals surface area contributed by atoms with Gasteiger partial charge in [-0.2, -0.15) is 0 Å². The van der Waals surface area contributed by atoms with Crippen molar-refractivity contribution in [3.05, 3.63) is 70.5 Å². The standard InChI is InChI=1S/C19H19FN2O3/c20-15-6-3-5-14(13-15)10-11-21-18(23)9-4-12-22-16-7-1-2-8-17(16)25-19(22)24/h1-3,5-8,13H,4,9-12H2,(H,21,23). The molecule has 0 bridgehead atoms. The van der Waals surface area contributed by atoms with E-state index in [4.69, 9.17) is 4.42 Å². The molecule has 0 aliphatic heterocycles. The first-order chi connectivity index (χ1) is 12.1. The lowest BCUT2D eigenvalue weighted by Gasteiger charge is -2.06. The van der Waals surface area contributed by atoms with Gasteiger partial charge >= 0.3 is 5.76 Å². The van der Waals surface area contributed by atoms with E-state index in [2.05, 4.69) is 5.32 Å². The zero-order valence-corrected chi connectivity index (χ0v) is 13.7. The molecule has 0 saturated carbocycles. The van der Waals surface area contributed by atoms with Crippen molar-refractivity contribution in [2.45, 2.75) is 25.8 Å². The number of hydrogen-bond donors (Lipinski definition) is 1. The van der Waals surface area contributed by atoms with Gasteiger partial charge in [0.05, 0.1) is 5.52 Å². The van der Waals surface area contributed by atoms with E-state index >= 15 is 0 Å². The molecule has 0 aliphatic carbocycles. The summed E-state index contributed by atoms with van der Waals surface area (Å²) >= 11 is 0. The van der Waals surface area contributed by atoms with Crippen LogP contribution in [0, 0.1) is 5.82 Å². The fraction of sp³-hybridized carbons (Fsp3) is 0.263. The summed E-state index contributed by atoms with van der Waals surface area (Å²) in [7, 11) is 0. The molecular weight excluding hydrogens is 323 g/mol. The van der Waals surface area contributed by atoms with Crippen molar-refractivity contribution in [1.29, 1.82) is 0 Å². The van der Waals surface area contributed by atoms with Gasteiger partial charge in [0, 0.05) is 19.5 Å². The monoisotopic (exact) mass is 342 g/mol. The second-order valence-electron chi connectivity index (χ2n) is 5.82. The first-order valence-electron chi connectivity index (χ1n) is 8.23. The predicted octanol–water partition coefficient (Wildman–Crippen LogP) is 2.87. The van der Waals surface area contributed by atoms with Crippen LogP contribution in [0.25, 0.3) is 11.1 Å². The highest BCUT2D eigenvalue weighted by Gasteiger charge is 2.09. The Kier molecular flexibility index (Phi) is 5.28. The van der Waals surface area contributed by atoms with Gasteiger partial charge in [0.1, 0.15) is 5.82 Å². The zero-order valence-electron chi connectivity index (χ0n) is 13.7. The van der Waals surface area contributed by atoms with Crippen molar-refractivity contribution in [1.82, 2.24) is 9.88 Å². The smallest absolute Gasteiger partial charge is 0.408 e. The highest BCUT2D eigenvalue weighted by molar-refractivity contribution is 5.76. The molecule has 0 fully saturated rings. The number of para-hydroxylation sites is 2. The largest absolute Gasteiger partial charge is 0.419 e. The third kappa shape index (κ3) is 4.35. The first kappa shape index (κ1) is 17.0. The summed E-state index contributed by atoms with van der Waals surface area (Å²) in [6.07, 6.45) is 1.43. The molecule has 1 aromatic heterocycles. The van der Waals surface area contributed by atoms with Crippen LogP contribution in [-0.4, -0.2) is 17.0 Å². The maximum Gasteiger partial charge on any atom is 0.419 e. The van der Waals surface area contributed by atoms with Crippen LogP contribution in [0.4, 0.5) is 4.39 Å². The van der Waals surface area contributed by atoms with E-state index in [9.17, 15) is 14.0 Å². The number of carbonyl (C=O) groups is 1. The fourth-order valence-corrected chi connectivity index (χ4v) is 2.75. The average Bonchev–Trinajstić information content (AvgIpc) is 2.91. The minimum atomic E-state index is -0.410. The van der Waals surface area contributed by atoms with Gasteiger partial charge in [-0.05, 0) is 42.7 Å². The molecule has 5 nitrogen and oxygen atoms in total. The summed E-state index contributed by atoms with van der Waals surface area (Å²) in [5, 5.41) is 2.81. The van der Waals surface area contributed by atoms with Crippen LogP contribution in [0.15, 0.2) is 57.7 Å². The third-order valence-electron chi connectivity index (χ3n) is 3.98. The molecular formula is C19H19FN2O3. The maximum absolute atomic E-state index is 13.1. The molecule has 3 rings (SSSR count). The summed E-state index contributed by atoms with van der Waals surface area (Å²) in [6.45, 7) is 0.879. The number of rotatable bonds is 7. The Labute approximate surface area is 144 Å². The zero-order chi connectivity index (χ0) is 17.6. The number of aryl methyl sites for hydroxylation is 1. The Balaban J connectivity index is 1.45. The summed E-state index contributed by atoms with van der Waals surface area (Å²) in [6, 6.07) is 13.5. The molecule has 2 aromatic carbocycles. The normalized spacial score (nSPS) is 10.9. The minimum Gasteiger partial charge on any atom is -0.408 e.